The van der Waals surface area contributed by atoms with Crippen LogP contribution >= 0.6 is 0 Å². The average Bonchev–Trinajstić information content (AvgIpc) is 3.14. The molecule has 0 radical (unpaired) electrons. The molecule has 0 saturated carbocycles. The van der Waals surface area contributed by atoms with Crippen molar-refractivity contribution in [2.75, 3.05) is 13.7 Å². The first-order valence-corrected chi connectivity index (χ1v) is 8.30. The first-order chi connectivity index (χ1) is 12.5. The minimum Gasteiger partial charge on any atom is -0.497 e. The smallest absolute Gasteiger partial charge is 0.336 e. The van der Waals surface area contributed by atoms with Gasteiger partial charge in [0.2, 0.25) is 11.8 Å². The number of rotatable bonds is 6. The van der Waals surface area contributed by atoms with Gasteiger partial charge in [-0.3, -0.25) is 9.59 Å². The third kappa shape index (κ3) is 3.85. The maximum absolute atomic E-state index is 12.2. The van der Waals surface area contributed by atoms with Crippen LogP contribution in [-0.2, 0) is 20.7 Å². The number of fused-ring (bicyclic) bond motifs is 1. The predicted octanol–water partition coefficient (Wildman–Crippen LogP) is 0.493. The summed E-state index contributed by atoms with van der Waals surface area (Å²) in [4.78, 5) is 35.9. The molecule has 3 rings (SSSR count). The van der Waals surface area contributed by atoms with E-state index in [0.717, 1.165) is 6.42 Å². The van der Waals surface area contributed by atoms with Crippen molar-refractivity contribution in [3.8, 4) is 5.75 Å². The molecule has 8 nitrogen and oxygen atoms in total. The van der Waals surface area contributed by atoms with Gasteiger partial charge < -0.3 is 24.9 Å². The van der Waals surface area contributed by atoms with E-state index in [1.165, 1.54) is 13.2 Å². The van der Waals surface area contributed by atoms with Crippen molar-refractivity contribution in [3.63, 3.8) is 0 Å². The van der Waals surface area contributed by atoms with E-state index in [1.807, 2.05) is 0 Å². The summed E-state index contributed by atoms with van der Waals surface area (Å²) in [5.74, 6) is -0.526. The molecule has 8 heteroatoms. The minimum absolute atomic E-state index is 0.0716. The van der Waals surface area contributed by atoms with E-state index >= 15 is 0 Å². The molecule has 2 aromatic rings. The molecule has 1 aromatic heterocycles. The molecule has 0 unspecified atom stereocenters. The fourth-order valence-corrected chi connectivity index (χ4v) is 3.00. The van der Waals surface area contributed by atoms with Gasteiger partial charge in [-0.05, 0) is 30.5 Å². The lowest BCUT2D eigenvalue weighted by Gasteiger charge is -2.18. The number of benzene rings is 1. The van der Waals surface area contributed by atoms with Gasteiger partial charge in [0.15, 0.2) is 0 Å². The Balaban J connectivity index is 1.87. The molecule has 3 N–H and O–H groups in total. The van der Waals surface area contributed by atoms with Crippen LogP contribution in [0.3, 0.4) is 0 Å². The lowest BCUT2D eigenvalue weighted by Crippen LogP contribution is -2.49. The molecule has 0 bridgehead atoms. The number of ether oxygens (including phenoxy) is 2. The Morgan fingerprint density at radius 2 is 2.19 bits per heavy atom. The maximum atomic E-state index is 12.2. The molecule has 0 spiro atoms. The van der Waals surface area contributed by atoms with Crippen LogP contribution in [0, 0.1) is 0 Å². The summed E-state index contributed by atoms with van der Waals surface area (Å²) >= 11 is 0. The molecular weight excluding hydrogens is 340 g/mol. The van der Waals surface area contributed by atoms with Crippen LogP contribution in [0.25, 0.3) is 11.0 Å². The van der Waals surface area contributed by atoms with E-state index in [1.54, 1.807) is 18.2 Å². The number of amides is 2. The van der Waals surface area contributed by atoms with Crippen LogP contribution in [0.4, 0.5) is 0 Å². The third-order valence-corrected chi connectivity index (χ3v) is 4.34. The number of methoxy groups -OCH3 is 1. The van der Waals surface area contributed by atoms with Crippen molar-refractivity contribution in [1.29, 1.82) is 0 Å². The highest BCUT2D eigenvalue weighted by Crippen LogP contribution is 2.23. The van der Waals surface area contributed by atoms with Crippen LogP contribution in [0.1, 0.15) is 18.4 Å². The summed E-state index contributed by atoms with van der Waals surface area (Å²) in [6.07, 6.45) is 0.904. The van der Waals surface area contributed by atoms with E-state index in [-0.39, 0.29) is 12.3 Å². The van der Waals surface area contributed by atoms with Crippen molar-refractivity contribution >= 4 is 22.8 Å². The molecule has 1 saturated heterocycles. The Kier molecular flexibility index (Phi) is 5.22. The second-order valence-electron chi connectivity index (χ2n) is 6.12. The summed E-state index contributed by atoms with van der Waals surface area (Å²) in [7, 11) is 1.51. The van der Waals surface area contributed by atoms with Crippen molar-refractivity contribution in [1.82, 2.24) is 5.32 Å². The average molecular weight is 360 g/mol. The molecule has 1 aliphatic heterocycles. The predicted molar refractivity (Wildman–Crippen MR) is 92.8 cm³/mol. The lowest BCUT2D eigenvalue weighted by molar-refractivity contribution is -0.133. The molecule has 26 heavy (non-hydrogen) atoms. The van der Waals surface area contributed by atoms with Gasteiger partial charge in [0.25, 0.3) is 0 Å². The van der Waals surface area contributed by atoms with Crippen molar-refractivity contribution in [2.24, 2.45) is 5.73 Å². The number of hydrogen-bond acceptors (Lipinski definition) is 6. The minimum atomic E-state index is -0.959. The zero-order chi connectivity index (χ0) is 18.7. The highest BCUT2D eigenvalue weighted by Gasteiger charge is 2.28. The summed E-state index contributed by atoms with van der Waals surface area (Å²) in [5, 5.41) is 3.26. The van der Waals surface area contributed by atoms with Crippen LogP contribution in [0.15, 0.2) is 33.5 Å². The highest BCUT2D eigenvalue weighted by atomic mass is 16.5. The Hall–Kier alpha value is -2.87. The lowest BCUT2D eigenvalue weighted by atomic mass is 10.0. The Labute approximate surface area is 149 Å². The quantitative estimate of drug-likeness (QED) is 0.724. The standard InChI is InChI=1S/C18H20N2O6/c1-24-11-4-5-12-10(8-16(21)26-15(12)9-11)7-13(17(19)22)20-18(23)14-3-2-6-25-14/h4-5,8-9,13-14H,2-3,6-7H2,1H3,(H2,19,22)(H,20,23)/t13-,14-/m0/s1. The third-order valence-electron chi connectivity index (χ3n) is 4.34. The van der Waals surface area contributed by atoms with Gasteiger partial charge in [0.05, 0.1) is 7.11 Å². The summed E-state index contributed by atoms with van der Waals surface area (Å²) < 4.78 is 15.6. The first kappa shape index (κ1) is 17.9. The van der Waals surface area contributed by atoms with E-state index in [2.05, 4.69) is 5.32 Å². The molecule has 2 heterocycles. The Morgan fingerprint density at radius 3 is 2.85 bits per heavy atom. The Morgan fingerprint density at radius 1 is 1.38 bits per heavy atom. The van der Waals surface area contributed by atoms with Crippen LogP contribution in [0.2, 0.25) is 0 Å². The normalized spacial score (nSPS) is 17.8. The molecule has 2 amide bonds. The fourth-order valence-electron chi connectivity index (χ4n) is 3.00. The zero-order valence-corrected chi connectivity index (χ0v) is 14.3. The van der Waals surface area contributed by atoms with Crippen molar-refractivity contribution in [3.05, 3.63) is 40.2 Å². The van der Waals surface area contributed by atoms with E-state index in [4.69, 9.17) is 19.6 Å². The SMILES string of the molecule is COc1ccc2c(C[C@H](NC(=O)[C@@H]3CCCO3)C(N)=O)cc(=O)oc2c1. The van der Waals surface area contributed by atoms with Gasteiger partial charge in [-0.15, -0.1) is 0 Å². The molecule has 1 aliphatic rings. The summed E-state index contributed by atoms with van der Waals surface area (Å²) in [6, 6.07) is 5.37. The van der Waals surface area contributed by atoms with Gasteiger partial charge in [-0.2, -0.15) is 0 Å². The van der Waals surface area contributed by atoms with Gasteiger partial charge in [-0.25, -0.2) is 4.79 Å². The number of carbonyl (C=O) groups is 2. The van der Waals surface area contributed by atoms with Crippen LogP contribution in [0.5, 0.6) is 5.75 Å². The largest absolute Gasteiger partial charge is 0.497 e. The number of nitrogens with one attached hydrogen (secondary N) is 1. The molecular formula is C18H20N2O6. The molecule has 2 atom stereocenters. The second-order valence-corrected chi connectivity index (χ2v) is 6.12. The molecule has 1 fully saturated rings. The first-order valence-electron chi connectivity index (χ1n) is 8.30. The van der Waals surface area contributed by atoms with Crippen LogP contribution in [-0.4, -0.2) is 37.7 Å². The molecule has 1 aromatic carbocycles. The van der Waals surface area contributed by atoms with Crippen molar-refractivity contribution in [2.45, 2.75) is 31.4 Å². The highest BCUT2D eigenvalue weighted by molar-refractivity contribution is 5.90. The van der Waals surface area contributed by atoms with Gasteiger partial charge in [-0.1, -0.05) is 0 Å². The van der Waals surface area contributed by atoms with E-state index in [9.17, 15) is 14.4 Å². The van der Waals surface area contributed by atoms with E-state index in [0.29, 0.717) is 35.3 Å². The van der Waals surface area contributed by atoms with Gasteiger partial charge >= 0.3 is 5.63 Å². The fraction of sp³-hybridized carbons (Fsp3) is 0.389. The maximum Gasteiger partial charge on any atom is 0.336 e. The van der Waals surface area contributed by atoms with E-state index < -0.39 is 23.7 Å². The monoisotopic (exact) mass is 360 g/mol. The summed E-state index contributed by atoms with van der Waals surface area (Å²) in [6.45, 7) is 0.519. The van der Waals surface area contributed by atoms with Gasteiger partial charge in [0.1, 0.15) is 23.5 Å². The topological polar surface area (TPSA) is 121 Å². The molecule has 0 aliphatic carbocycles. The number of nitrogens with two attached hydrogens (primary N) is 1. The van der Waals surface area contributed by atoms with Crippen LogP contribution < -0.4 is 21.4 Å². The number of hydrogen-bond donors (Lipinski definition) is 2. The Bertz CT molecular complexity index is 885. The second kappa shape index (κ2) is 7.57. The summed E-state index contributed by atoms with van der Waals surface area (Å²) in [5.41, 5.74) is 5.77. The number of primary amides is 1. The number of carbonyl (C=O) groups excluding carboxylic acids is 2. The van der Waals surface area contributed by atoms with Gasteiger partial charge in [0, 0.05) is 30.5 Å². The molecule has 138 valence electrons. The zero-order valence-electron chi connectivity index (χ0n) is 14.3. The van der Waals surface area contributed by atoms with Crippen molar-refractivity contribution < 1.29 is 23.5 Å².